The van der Waals surface area contributed by atoms with E-state index in [1.54, 1.807) is 0 Å². The van der Waals surface area contributed by atoms with Crippen LogP contribution in [0.15, 0.2) is 11.6 Å². The van der Waals surface area contributed by atoms with Gasteiger partial charge in [0.15, 0.2) is 0 Å². The number of ether oxygens (including phenoxy) is 1. The first-order chi connectivity index (χ1) is 5.34. The van der Waals surface area contributed by atoms with Gasteiger partial charge in [0.1, 0.15) is 0 Å². The summed E-state index contributed by atoms with van der Waals surface area (Å²) in [6.07, 6.45) is 3.66. The van der Waals surface area contributed by atoms with E-state index >= 15 is 0 Å². The van der Waals surface area contributed by atoms with Crippen molar-refractivity contribution in [2.45, 2.75) is 12.8 Å². The Kier molecular flexibility index (Phi) is 3.11. The molecule has 0 aromatic heterocycles. The van der Waals surface area contributed by atoms with Gasteiger partial charge in [0.2, 0.25) is 0 Å². The van der Waals surface area contributed by atoms with Crippen molar-refractivity contribution in [2.24, 2.45) is 0 Å². The highest BCUT2D eigenvalue weighted by Crippen LogP contribution is 2.06. The molecule has 3 nitrogen and oxygen atoms in total. The van der Waals surface area contributed by atoms with E-state index in [1.807, 2.05) is 6.08 Å². The number of hydrogen-bond acceptors (Lipinski definition) is 3. The number of esters is 1. The van der Waals surface area contributed by atoms with Gasteiger partial charge in [0.25, 0.3) is 0 Å². The highest BCUT2D eigenvalue weighted by Gasteiger charge is 2.09. The Morgan fingerprint density at radius 1 is 1.64 bits per heavy atom. The Bertz CT molecular complexity index is 175. The van der Waals surface area contributed by atoms with Crippen molar-refractivity contribution in [1.29, 1.82) is 0 Å². The lowest BCUT2D eigenvalue weighted by molar-refractivity contribution is -0.136. The van der Waals surface area contributed by atoms with Crippen LogP contribution in [0, 0.1) is 0 Å². The van der Waals surface area contributed by atoms with Crippen LogP contribution in [0.25, 0.3) is 0 Å². The van der Waals surface area contributed by atoms with Crippen LogP contribution in [0.1, 0.15) is 12.8 Å². The highest BCUT2D eigenvalue weighted by atomic mass is 16.5. The second kappa shape index (κ2) is 4.13. The van der Waals surface area contributed by atoms with E-state index in [1.165, 1.54) is 7.11 Å². The molecule has 0 atom stereocenters. The maximum Gasteiger partial charge on any atom is 0.333 e. The van der Waals surface area contributed by atoms with E-state index in [4.69, 9.17) is 0 Å². The molecule has 0 saturated heterocycles. The molecule has 0 unspecified atom stereocenters. The molecule has 1 heterocycles. The van der Waals surface area contributed by atoms with Gasteiger partial charge >= 0.3 is 5.97 Å². The van der Waals surface area contributed by atoms with Crippen molar-refractivity contribution >= 4 is 5.97 Å². The van der Waals surface area contributed by atoms with Crippen LogP contribution < -0.4 is 5.32 Å². The normalized spacial score (nSPS) is 18.5. The molecule has 0 saturated carbocycles. The zero-order chi connectivity index (χ0) is 8.10. The Balaban J connectivity index is 2.53. The minimum absolute atomic E-state index is 0.186. The molecule has 0 radical (unpaired) electrons. The lowest BCUT2D eigenvalue weighted by atomic mass is 10.2. The molecule has 0 amide bonds. The maximum absolute atomic E-state index is 11.0. The standard InChI is InChI=1S/C8H13NO2/c1-11-8(10)7-3-2-5-9-6-4-7/h3,9H,2,4-6H2,1H3. The first-order valence-corrected chi connectivity index (χ1v) is 3.82. The van der Waals surface area contributed by atoms with E-state index in [9.17, 15) is 4.79 Å². The predicted molar refractivity (Wildman–Crippen MR) is 42.2 cm³/mol. The number of hydrogen-bond donors (Lipinski definition) is 1. The SMILES string of the molecule is COC(=O)C1=CCCNCC1. The fraction of sp³-hybridized carbons (Fsp3) is 0.625. The first kappa shape index (κ1) is 8.27. The van der Waals surface area contributed by atoms with Gasteiger partial charge in [-0.2, -0.15) is 0 Å². The van der Waals surface area contributed by atoms with E-state index in [0.717, 1.165) is 31.5 Å². The van der Waals surface area contributed by atoms with Crippen LogP contribution in [0.2, 0.25) is 0 Å². The van der Waals surface area contributed by atoms with Crippen molar-refractivity contribution in [2.75, 3.05) is 20.2 Å². The van der Waals surface area contributed by atoms with Crippen LogP contribution in [0.5, 0.6) is 0 Å². The van der Waals surface area contributed by atoms with Crippen LogP contribution in [-0.2, 0) is 9.53 Å². The van der Waals surface area contributed by atoms with Crippen molar-refractivity contribution < 1.29 is 9.53 Å². The van der Waals surface area contributed by atoms with Crippen molar-refractivity contribution in [3.8, 4) is 0 Å². The van der Waals surface area contributed by atoms with Crippen LogP contribution >= 0.6 is 0 Å². The van der Waals surface area contributed by atoms with E-state index in [0.29, 0.717) is 0 Å². The molecule has 62 valence electrons. The molecule has 1 rings (SSSR count). The third-order valence-corrected chi connectivity index (χ3v) is 1.73. The fourth-order valence-electron chi connectivity index (χ4n) is 1.12. The van der Waals surface area contributed by atoms with Gasteiger partial charge in [0.05, 0.1) is 7.11 Å². The molecular formula is C8H13NO2. The van der Waals surface area contributed by atoms with Gasteiger partial charge in [-0.1, -0.05) is 6.08 Å². The third kappa shape index (κ3) is 2.35. The molecule has 0 aromatic carbocycles. The minimum atomic E-state index is -0.186. The number of carbonyl (C=O) groups is 1. The van der Waals surface area contributed by atoms with Gasteiger partial charge < -0.3 is 10.1 Å². The summed E-state index contributed by atoms with van der Waals surface area (Å²) < 4.78 is 4.61. The zero-order valence-corrected chi connectivity index (χ0v) is 6.72. The maximum atomic E-state index is 11.0. The Labute approximate surface area is 66.4 Å². The summed E-state index contributed by atoms with van der Waals surface area (Å²) >= 11 is 0. The van der Waals surface area contributed by atoms with Crippen molar-refractivity contribution in [3.63, 3.8) is 0 Å². The van der Waals surface area contributed by atoms with E-state index in [-0.39, 0.29) is 5.97 Å². The van der Waals surface area contributed by atoms with Crippen LogP contribution in [-0.4, -0.2) is 26.2 Å². The van der Waals surface area contributed by atoms with Crippen LogP contribution in [0.4, 0.5) is 0 Å². The highest BCUT2D eigenvalue weighted by molar-refractivity contribution is 5.88. The summed E-state index contributed by atoms with van der Waals surface area (Å²) in [5, 5.41) is 3.20. The fourth-order valence-corrected chi connectivity index (χ4v) is 1.12. The largest absolute Gasteiger partial charge is 0.466 e. The Morgan fingerprint density at radius 2 is 2.45 bits per heavy atom. The Hall–Kier alpha value is -0.830. The summed E-state index contributed by atoms with van der Waals surface area (Å²) in [6, 6.07) is 0. The lowest BCUT2D eigenvalue weighted by Gasteiger charge is -2.00. The number of nitrogens with one attached hydrogen (secondary N) is 1. The monoisotopic (exact) mass is 155 g/mol. The van der Waals surface area contributed by atoms with Gasteiger partial charge in [-0.05, 0) is 25.9 Å². The van der Waals surface area contributed by atoms with Crippen LogP contribution in [0.3, 0.4) is 0 Å². The minimum Gasteiger partial charge on any atom is -0.466 e. The number of carbonyl (C=O) groups excluding carboxylic acids is 1. The van der Waals surface area contributed by atoms with Crippen molar-refractivity contribution in [1.82, 2.24) is 5.32 Å². The van der Waals surface area contributed by atoms with Crippen molar-refractivity contribution in [3.05, 3.63) is 11.6 Å². The summed E-state index contributed by atoms with van der Waals surface area (Å²) in [6.45, 7) is 1.83. The second-order valence-corrected chi connectivity index (χ2v) is 2.51. The van der Waals surface area contributed by atoms with Gasteiger partial charge in [-0.3, -0.25) is 0 Å². The lowest BCUT2D eigenvalue weighted by Crippen LogP contribution is -2.15. The molecular weight excluding hydrogens is 142 g/mol. The average molecular weight is 155 g/mol. The third-order valence-electron chi connectivity index (χ3n) is 1.73. The smallest absolute Gasteiger partial charge is 0.333 e. The summed E-state index contributed by atoms with van der Waals surface area (Å²) in [7, 11) is 1.42. The topological polar surface area (TPSA) is 38.3 Å². The molecule has 0 bridgehead atoms. The van der Waals surface area contributed by atoms with Gasteiger partial charge in [-0.15, -0.1) is 0 Å². The second-order valence-electron chi connectivity index (χ2n) is 2.51. The molecule has 1 aliphatic heterocycles. The zero-order valence-electron chi connectivity index (χ0n) is 6.72. The molecule has 0 aromatic rings. The number of methoxy groups -OCH3 is 1. The average Bonchev–Trinajstić information content (AvgIpc) is 2.30. The molecule has 1 aliphatic rings. The molecule has 0 spiro atoms. The predicted octanol–water partition coefficient (Wildman–Crippen LogP) is 0.469. The van der Waals surface area contributed by atoms with Gasteiger partial charge in [-0.25, -0.2) is 4.79 Å². The quantitative estimate of drug-likeness (QED) is 0.559. The molecule has 1 N–H and O–H groups in total. The van der Waals surface area contributed by atoms with E-state index in [2.05, 4.69) is 10.1 Å². The molecule has 0 aliphatic carbocycles. The molecule has 11 heavy (non-hydrogen) atoms. The summed E-state index contributed by atoms with van der Waals surface area (Å²) in [5.41, 5.74) is 0.803. The van der Waals surface area contributed by atoms with E-state index < -0.39 is 0 Å². The summed E-state index contributed by atoms with van der Waals surface area (Å²) in [5.74, 6) is -0.186. The Morgan fingerprint density at radius 3 is 3.18 bits per heavy atom. The number of rotatable bonds is 1. The molecule has 0 fully saturated rings. The van der Waals surface area contributed by atoms with Gasteiger partial charge in [0, 0.05) is 5.57 Å². The first-order valence-electron chi connectivity index (χ1n) is 3.82. The molecule has 3 heteroatoms. The summed E-state index contributed by atoms with van der Waals surface area (Å²) in [4.78, 5) is 11.0.